The third-order valence-electron chi connectivity index (χ3n) is 2.76. The van der Waals surface area contributed by atoms with Crippen LogP contribution in [0.25, 0.3) is 10.9 Å². The van der Waals surface area contributed by atoms with Gasteiger partial charge < -0.3 is 0 Å². The summed E-state index contributed by atoms with van der Waals surface area (Å²) in [6.07, 6.45) is 1.09. The predicted octanol–water partition coefficient (Wildman–Crippen LogP) is 2.69. The Bertz CT molecular complexity index is 631. The van der Waals surface area contributed by atoms with Gasteiger partial charge in [-0.2, -0.15) is 9.78 Å². The first kappa shape index (κ1) is 12.2. The number of carbonyl (C=O) groups excluding carboxylic acids is 1. The van der Waals surface area contributed by atoms with Gasteiger partial charge in [-0.3, -0.25) is 14.9 Å². The molecule has 94 valence electrons. The van der Waals surface area contributed by atoms with Crippen molar-refractivity contribution in [3.63, 3.8) is 0 Å². The molecule has 0 N–H and O–H groups in total. The van der Waals surface area contributed by atoms with Crippen molar-refractivity contribution >= 4 is 22.5 Å². The van der Waals surface area contributed by atoms with Crippen LogP contribution in [-0.4, -0.2) is 20.6 Å². The van der Waals surface area contributed by atoms with E-state index in [0.717, 1.165) is 5.39 Å². The molecule has 0 bridgehead atoms. The quantitative estimate of drug-likeness (QED) is 0.617. The Morgan fingerprint density at radius 1 is 1.50 bits per heavy atom. The van der Waals surface area contributed by atoms with Gasteiger partial charge in [0.1, 0.15) is 0 Å². The van der Waals surface area contributed by atoms with Gasteiger partial charge in [-0.05, 0) is 19.4 Å². The number of benzene rings is 1. The van der Waals surface area contributed by atoms with E-state index < -0.39 is 4.92 Å². The molecular formula is C12H13N3O3. The zero-order valence-electron chi connectivity index (χ0n) is 10.2. The molecule has 0 saturated heterocycles. The highest BCUT2D eigenvalue weighted by atomic mass is 16.6. The van der Waals surface area contributed by atoms with Gasteiger partial charge in [0, 0.05) is 23.9 Å². The molecule has 1 heterocycles. The number of rotatable bonds is 3. The van der Waals surface area contributed by atoms with Crippen LogP contribution in [0.5, 0.6) is 0 Å². The highest BCUT2D eigenvalue weighted by Crippen LogP contribution is 2.23. The highest BCUT2D eigenvalue weighted by Gasteiger charge is 2.16. The van der Waals surface area contributed by atoms with Gasteiger partial charge >= 0.3 is 0 Å². The number of non-ortho nitro benzene ring substituents is 1. The lowest BCUT2D eigenvalue weighted by molar-refractivity contribution is -0.384. The number of hydrogen-bond acceptors (Lipinski definition) is 4. The number of fused-ring (bicyclic) bond motifs is 1. The van der Waals surface area contributed by atoms with E-state index in [1.807, 2.05) is 6.92 Å². The molecule has 18 heavy (non-hydrogen) atoms. The van der Waals surface area contributed by atoms with E-state index in [4.69, 9.17) is 0 Å². The van der Waals surface area contributed by atoms with Crippen LogP contribution in [0.2, 0.25) is 0 Å². The standard InChI is InChI=1S/C12H13N3O3/c1-3-4-12(16)14-11-7-9(15(17)18)5-6-10(11)8(2)13-14/h5-7H,3-4H2,1-2H3. The van der Waals surface area contributed by atoms with E-state index in [1.165, 1.54) is 16.8 Å². The van der Waals surface area contributed by atoms with Gasteiger partial charge in [0.2, 0.25) is 5.91 Å². The topological polar surface area (TPSA) is 78.0 Å². The van der Waals surface area contributed by atoms with Crippen molar-refractivity contribution < 1.29 is 9.72 Å². The summed E-state index contributed by atoms with van der Waals surface area (Å²) in [6, 6.07) is 4.44. The lowest BCUT2D eigenvalue weighted by Gasteiger charge is -2.00. The second kappa shape index (κ2) is 4.56. The zero-order chi connectivity index (χ0) is 13.3. The summed E-state index contributed by atoms with van der Waals surface area (Å²) in [5, 5.41) is 15.7. The molecular weight excluding hydrogens is 234 g/mol. The van der Waals surface area contributed by atoms with Crippen molar-refractivity contribution in [2.45, 2.75) is 26.7 Å². The second-order valence-electron chi connectivity index (χ2n) is 4.10. The number of carbonyl (C=O) groups is 1. The van der Waals surface area contributed by atoms with Crippen molar-refractivity contribution in [2.24, 2.45) is 0 Å². The maximum absolute atomic E-state index is 11.9. The lowest BCUT2D eigenvalue weighted by Crippen LogP contribution is -2.11. The number of nitro groups is 1. The summed E-state index contributed by atoms with van der Waals surface area (Å²) in [5.74, 6) is -0.143. The fourth-order valence-electron chi connectivity index (χ4n) is 1.88. The summed E-state index contributed by atoms with van der Waals surface area (Å²) >= 11 is 0. The Balaban J connectivity index is 2.63. The van der Waals surface area contributed by atoms with Gasteiger partial charge in [0.05, 0.1) is 16.1 Å². The Labute approximate surface area is 103 Å². The fourth-order valence-corrected chi connectivity index (χ4v) is 1.88. The Kier molecular flexibility index (Phi) is 3.10. The van der Waals surface area contributed by atoms with Crippen LogP contribution in [-0.2, 0) is 0 Å². The average Bonchev–Trinajstić information content (AvgIpc) is 2.67. The molecule has 0 aliphatic carbocycles. The average molecular weight is 247 g/mol. The number of nitro benzene ring substituents is 1. The van der Waals surface area contributed by atoms with E-state index in [0.29, 0.717) is 24.1 Å². The minimum Gasteiger partial charge on any atom is -0.273 e. The molecule has 0 atom stereocenters. The Morgan fingerprint density at radius 3 is 2.83 bits per heavy atom. The summed E-state index contributed by atoms with van der Waals surface area (Å²) in [7, 11) is 0. The number of aromatic nitrogens is 2. The summed E-state index contributed by atoms with van der Waals surface area (Å²) in [4.78, 5) is 22.2. The predicted molar refractivity (Wildman–Crippen MR) is 66.7 cm³/mol. The molecule has 0 saturated carbocycles. The van der Waals surface area contributed by atoms with Crippen molar-refractivity contribution in [1.82, 2.24) is 9.78 Å². The van der Waals surface area contributed by atoms with E-state index in [1.54, 1.807) is 13.0 Å². The maximum Gasteiger partial charge on any atom is 0.271 e. The first-order chi connectivity index (χ1) is 8.54. The van der Waals surface area contributed by atoms with E-state index in [2.05, 4.69) is 5.10 Å². The molecule has 0 unspecified atom stereocenters. The van der Waals surface area contributed by atoms with Crippen LogP contribution in [0, 0.1) is 17.0 Å². The number of hydrogen-bond donors (Lipinski definition) is 0. The first-order valence-corrected chi connectivity index (χ1v) is 5.71. The van der Waals surface area contributed by atoms with Crippen LogP contribution >= 0.6 is 0 Å². The third-order valence-corrected chi connectivity index (χ3v) is 2.76. The molecule has 6 nitrogen and oxygen atoms in total. The highest BCUT2D eigenvalue weighted by molar-refractivity contribution is 5.93. The van der Waals surface area contributed by atoms with Crippen LogP contribution in [0.15, 0.2) is 18.2 Å². The first-order valence-electron chi connectivity index (χ1n) is 5.71. The molecule has 2 aromatic rings. The molecule has 0 radical (unpaired) electrons. The molecule has 6 heteroatoms. The van der Waals surface area contributed by atoms with Crippen molar-refractivity contribution in [3.05, 3.63) is 34.0 Å². The van der Waals surface area contributed by atoms with E-state index >= 15 is 0 Å². The van der Waals surface area contributed by atoms with Crippen LogP contribution in [0.4, 0.5) is 5.69 Å². The van der Waals surface area contributed by atoms with E-state index in [9.17, 15) is 14.9 Å². The van der Waals surface area contributed by atoms with Gasteiger partial charge in [-0.25, -0.2) is 0 Å². The van der Waals surface area contributed by atoms with Gasteiger partial charge in [0.25, 0.3) is 5.69 Å². The molecule has 1 aromatic heterocycles. The van der Waals surface area contributed by atoms with Crippen LogP contribution < -0.4 is 0 Å². The Hall–Kier alpha value is -2.24. The molecule has 0 spiro atoms. The van der Waals surface area contributed by atoms with E-state index in [-0.39, 0.29) is 11.6 Å². The fraction of sp³-hybridized carbons (Fsp3) is 0.333. The molecule has 0 fully saturated rings. The van der Waals surface area contributed by atoms with Crippen LogP contribution in [0.1, 0.15) is 30.3 Å². The molecule has 0 aliphatic heterocycles. The zero-order valence-corrected chi connectivity index (χ0v) is 10.2. The van der Waals surface area contributed by atoms with Gasteiger partial charge in [0.15, 0.2) is 0 Å². The summed E-state index contributed by atoms with van der Waals surface area (Å²) in [5.41, 5.74) is 1.16. The van der Waals surface area contributed by atoms with Crippen molar-refractivity contribution in [2.75, 3.05) is 0 Å². The van der Waals surface area contributed by atoms with Gasteiger partial charge in [-0.15, -0.1) is 0 Å². The minimum absolute atomic E-state index is 0.0343. The Morgan fingerprint density at radius 2 is 2.22 bits per heavy atom. The SMILES string of the molecule is CCCC(=O)n1nc(C)c2ccc([N+](=O)[O-])cc21. The second-order valence-corrected chi connectivity index (χ2v) is 4.10. The van der Waals surface area contributed by atoms with Crippen molar-refractivity contribution in [1.29, 1.82) is 0 Å². The summed E-state index contributed by atoms with van der Waals surface area (Å²) < 4.78 is 1.27. The number of nitrogens with zero attached hydrogens (tertiary/aromatic N) is 3. The number of aryl methyl sites for hydroxylation is 1. The largest absolute Gasteiger partial charge is 0.273 e. The molecule has 1 aromatic carbocycles. The van der Waals surface area contributed by atoms with Crippen molar-refractivity contribution in [3.8, 4) is 0 Å². The normalized spacial score (nSPS) is 10.8. The lowest BCUT2D eigenvalue weighted by atomic mass is 10.2. The summed E-state index contributed by atoms with van der Waals surface area (Å²) in [6.45, 7) is 3.68. The molecule has 0 aliphatic rings. The van der Waals surface area contributed by atoms with Gasteiger partial charge in [-0.1, -0.05) is 6.92 Å². The molecule has 2 rings (SSSR count). The smallest absolute Gasteiger partial charge is 0.271 e. The minimum atomic E-state index is -0.476. The maximum atomic E-state index is 11.9. The van der Waals surface area contributed by atoms with Crippen LogP contribution in [0.3, 0.4) is 0 Å². The molecule has 0 amide bonds. The third kappa shape index (κ3) is 1.97. The monoisotopic (exact) mass is 247 g/mol.